The summed E-state index contributed by atoms with van der Waals surface area (Å²) in [7, 11) is 0. The Kier molecular flexibility index (Phi) is 3.18. The third-order valence-electron chi connectivity index (χ3n) is 1.70. The lowest BCUT2D eigenvalue weighted by Gasteiger charge is -1.98. The molecule has 0 unspecified atom stereocenters. The number of anilines is 1. The van der Waals surface area contributed by atoms with Gasteiger partial charge in [-0.2, -0.15) is 0 Å². The molecule has 0 spiro atoms. The lowest BCUT2D eigenvalue weighted by atomic mass is 10.3. The molecule has 0 saturated heterocycles. The first-order valence-corrected chi connectivity index (χ1v) is 6.62. The van der Waals surface area contributed by atoms with Crippen LogP contribution in [-0.4, -0.2) is 10.9 Å². The van der Waals surface area contributed by atoms with Gasteiger partial charge in [0.1, 0.15) is 0 Å². The molecule has 0 atom stereocenters. The molecule has 0 radical (unpaired) electrons. The highest BCUT2D eigenvalue weighted by molar-refractivity contribution is 9.11. The van der Waals surface area contributed by atoms with E-state index in [0.717, 1.165) is 8.66 Å². The number of thiophene rings is 1. The van der Waals surface area contributed by atoms with E-state index in [1.165, 1.54) is 22.7 Å². The minimum absolute atomic E-state index is 0.127. The summed E-state index contributed by atoms with van der Waals surface area (Å²) in [6, 6.07) is 1.78. The number of hydrogen-bond donors (Lipinski definition) is 1. The molecule has 0 aromatic carbocycles. The number of rotatable bonds is 2. The average molecular weight is 303 g/mol. The highest BCUT2D eigenvalue weighted by Gasteiger charge is 2.12. The molecule has 0 saturated carbocycles. The van der Waals surface area contributed by atoms with Crippen molar-refractivity contribution >= 4 is 49.6 Å². The van der Waals surface area contributed by atoms with E-state index < -0.39 is 0 Å². The van der Waals surface area contributed by atoms with Gasteiger partial charge in [0.2, 0.25) is 0 Å². The van der Waals surface area contributed by atoms with Crippen molar-refractivity contribution in [1.29, 1.82) is 0 Å². The van der Waals surface area contributed by atoms with Crippen LogP contribution < -0.4 is 5.32 Å². The van der Waals surface area contributed by atoms with Crippen LogP contribution in [0.1, 0.15) is 15.2 Å². The molecule has 15 heavy (non-hydrogen) atoms. The molecule has 2 aromatic heterocycles. The SMILES string of the molecule is Cc1cnc(NC(=O)c2ccsc2Br)s1. The second-order valence-corrected chi connectivity index (χ2v) is 6.31. The molecule has 1 amide bonds. The van der Waals surface area contributed by atoms with Gasteiger partial charge < -0.3 is 0 Å². The van der Waals surface area contributed by atoms with Gasteiger partial charge in [-0.25, -0.2) is 4.98 Å². The molecule has 0 aliphatic carbocycles. The minimum Gasteiger partial charge on any atom is -0.298 e. The number of aromatic nitrogens is 1. The summed E-state index contributed by atoms with van der Waals surface area (Å²) < 4.78 is 0.841. The van der Waals surface area contributed by atoms with Crippen molar-refractivity contribution in [2.45, 2.75) is 6.92 Å². The van der Waals surface area contributed by atoms with E-state index in [1.54, 1.807) is 12.3 Å². The summed E-state index contributed by atoms with van der Waals surface area (Å²) in [5.41, 5.74) is 0.646. The molecular weight excluding hydrogens is 296 g/mol. The van der Waals surface area contributed by atoms with Crippen LogP contribution in [0.4, 0.5) is 5.13 Å². The predicted molar refractivity (Wildman–Crippen MR) is 66.8 cm³/mol. The predicted octanol–water partition coefficient (Wildman–Crippen LogP) is 3.53. The number of nitrogens with one attached hydrogen (secondary N) is 1. The maximum Gasteiger partial charge on any atom is 0.259 e. The molecule has 3 nitrogen and oxygen atoms in total. The Balaban J connectivity index is 2.14. The minimum atomic E-state index is -0.127. The smallest absolute Gasteiger partial charge is 0.259 e. The molecule has 0 aliphatic heterocycles. The van der Waals surface area contributed by atoms with Crippen LogP contribution in [0.15, 0.2) is 21.4 Å². The third-order valence-corrected chi connectivity index (χ3v) is 4.22. The zero-order valence-corrected chi connectivity index (χ0v) is 11.0. The number of nitrogens with zero attached hydrogens (tertiary/aromatic N) is 1. The summed E-state index contributed by atoms with van der Waals surface area (Å²) in [4.78, 5) is 16.9. The van der Waals surface area contributed by atoms with Crippen molar-refractivity contribution in [2.24, 2.45) is 0 Å². The fourth-order valence-electron chi connectivity index (χ4n) is 1.03. The Hall–Kier alpha value is -0.720. The molecule has 1 N–H and O–H groups in total. The van der Waals surface area contributed by atoms with E-state index in [1.807, 2.05) is 12.3 Å². The maximum absolute atomic E-state index is 11.7. The van der Waals surface area contributed by atoms with Crippen LogP contribution in [0.5, 0.6) is 0 Å². The topological polar surface area (TPSA) is 42.0 Å². The van der Waals surface area contributed by atoms with Crippen LogP contribution in [0.3, 0.4) is 0 Å². The first-order chi connectivity index (χ1) is 7.16. The number of aryl methyl sites for hydroxylation is 1. The van der Waals surface area contributed by atoms with Gasteiger partial charge in [-0.3, -0.25) is 10.1 Å². The highest BCUT2D eigenvalue weighted by atomic mass is 79.9. The van der Waals surface area contributed by atoms with Crippen LogP contribution in [0.25, 0.3) is 0 Å². The monoisotopic (exact) mass is 302 g/mol. The van der Waals surface area contributed by atoms with E-state index >= 15 is 0 Å². The van der Waals surface area contributed by atoms with Gasteiger partial charge in [0, 0.05) is 11.1 Å². The summed E-state index contributed by atoms with van der Waals surface area (Å²) in [5, 5.41) is 5.25. The largest absolute Gasteiger partial charge is 0.298 e. The Morgan fingerprint density at radius 3 is 2.93 bits per heavy atom. The number of thiazole rings is 1. The second-order valence-electron chi connectivity index (χ2n) is 2.84. The average Bonchev–Trinajstić information content (AvgIpc) is 2.75. The lowest BCUT2D eigenvalue weighted by Crippen LogP contribution is -2.10. The Labute approximate surface area is 103 Å². The highest BCUT2D eigenvalue weighted by Crippen LogP contribution is 2.25. The van der Waals surface area contributed by atoms with Gasteiger partial charge in [0.25, 0.3) is 5.91 Å². The van der Waals surface area contributed by atoms with Crippen molar-refractivity contribution in [3.63, 3.8) is 0 Å². The molecule has 2 aromatic rings. The van der Waals surface area contributed by atoms with Crippen molar-refractivity contribution in [3.8, 4) is 0 Å². The molecule has 2 heterocycles. The number of carbonyl (C=O) groups is 1. The second kappa shape index (κ2) is 4.42. The van der Waals surface area contributed by atoms with Crippen molar-refractivity contribution < 1.29 is 4.79 Å². The number of hydrogen-bond acceptors (Lipinski definition) is 4. The normalized spacial score (nSPS) is 10.3. The van der Waals surface area contributed by atoms with Crippen molar-refractivity contribution in [2.75, 3.05) is 5.32 Å². The molecule has 0 fully saturated rings. The summed E-state index contributed by atoms with van der Waals surface area (Å²) in [6.07, 6.45) is 1.74. The quantitative estimate of drug-likeness (QED) is 0.922. The van der Waals surface area contributed by atoms with Crippen molar-refractivity contribution in [3.05, 3.63) is 31.9 Å². The summed E-state index contributed by atoms with van der Waals surface area (Å²) in [5.74, 6) is -0.127. The van der Waals surface area contributed by atoms with Crippen LogP contribution in [0, 0.1) is 6.92 Å². The Morgan fingerprint density at radius 1 is 1.60 bits per heavy atom. The molecule has 78 valence electrons. The van der Waals surface area contributed by atoms with Gasteiger partial charge in [0.15, 0.2) is 5.13 Å². The first-order valence-electron chi connectivity index (χ1n) is 4.13. The van der Waals surface area contributed by atoms with Gasteiger partial charge in [0.05, 0.1) is 9.35 Å². The zero-order valence-electron chi connectivity index (χ0n) is 7.78. The standard InChI is InChI=1S/C9H7BrN2OS2/c1-5-4-11-9(15-5)12-8(13)6-2-3-14-7(6)10/h2-4H,1H3,(H,11,12,13). The summed E-state index contributed by atoms with van der Waals surface area (Å²) >= 11 is 6.28. The fraction of sp³-hybridized carbons (Fsp3) is 0.111. The van der Waals surface area contributed by atoms with Gasteiger partial charge in [-0.15, -0.1) is 22.7 Å². The Bertz CT molecular complexity index is 492. The number of halogens is 1. The van der Waals surface area contributed by atoms with Crippen LogP contribution >= 0.6 is 38.6 Å². The van der Waals surface area contributed by atoms with Crippen LogP contribution in [0.2, 0.25) is 0 Å². The number of carbonyl (C=O) groups excluding carboxylic acids is 1. The molecule has 6 heteroatoms. The molecule has 0 aliphatic rings. The Morgan fingerprint density at radius 2 is 2.40 bits per heavy atom. The van der Waals surface area contributed by atoms with E-state index in [9.17, 15) is 4.79 Å². The summed E-state index contributed by atoms with van der Waals surface area (Å²) in [6.45, 7) is 1.95. The van der Waals surface area contributed by atoms with E-state index in [-0.39, 0.29) is 5.91 Å². The maximum atomic E-state index is 11.7. The van der Waals surface area contributed by atoms with Crippen LogP contribution in [-0.2, 0) is 0 Å². The number of amides is 1. The van der Waals surface area contributed by atoms with Crippen molar-refractivity contribution in [1.82, 2.24) is 4.98 Å². The van der Waals surface area contributed by atoms with Gasteiger partial charge in [-0.05, 0) is 34.3 Å². The van der Waals surface area contributed by atoms with E-state index in [2.05, 4.69) is 26.2 Å². The molecular formula is C9H7BrN2OS2. The van der Waals surface area contributed by atoms with Gasteiger partial charge in [-0.1, -0.05) is 0 Å². The third kappa shape index (κ3) is 2.45. The lowest BCUT2D eigenvalue weighted by molar-refractivity contribution is 0.102. The molecule has 0 bridgehead atoms. The van der Waals surface area contributed by atoms with Gasteiger partial charge >= 0.3 is 0 Å². The fourth-order valence-corrected chi connectivity index (χ4v) is 2.94. The van der Waals surface area contributed by atoms with E-state index in [0.29, 0.717) is 10.7 Å². The zero-order chi connectivity index (χ0) is 10.8. The molecule has 2 rings (SSSR count). The van der Waals surface area contributed by atoms with E-state index in [4.69, 9.17) is 0 Å². The first kappa shape index (κ1) is 10.8.